The zero-order chi connectivity index (χ0) is 31.5. The lowest BCUT2D eigenvalue weighted by molar-refractivity contribution is 0.0982. The van der Waals surface area contributed by atoms with Crippen LogP contribution in [-0.4, -0.2) is 47.3 Å². The number of carbonyl (C=O) groups is 1. The quantitative estimate of drug-likeness (QED) is 0.235. The maximum absolute atomic E-state index is 13.1. The van der Waals surface area contributed by atoms with Gasteiger partial charge in [-0.05, 0) is 105 Å². The fourth-order valence-corrected chi connectivity index (χ4v) is 7.01. The Morgan fingerprint density at radius 3 is 2.56 bits per heavy atom. The number of allylic oxidation sites excluding steroid dienone is 2. The molecule has 1 aliphatic carbocycles. The second-order valence-electron chi connectivity index (χ2n) is 11.9. The van der Waals surface area contributed by atoms with E-state index in [1.54, 1.807) is 6.07 Å². The van der Waals surface area contributed by atoms with E-state index in [2.05, 4.69) is 54.7 Å². The van der Waals surface area contributed by atoms with Gasteiger partial charge in [-0.2, -0.15) is 0 Å². The van der Waals surface area contributed by atoms with Crippen molar-refractivity contribution >= 4 is 34.2 Å². The van der Waals surface area contributed by atoms with Crippen molar-refractivity contribution in [3.63, 3.8) is 0 Å². The Kier molecular flexibility index (Phi) is 14.1. The molecule has 2 N–H and O–H groups in total. The van der Waals surface area contributed by atoms with Crippen LogP contribution in [0.4, 0.5) is 5.69 Å². The highest BCUT2D eigenvalue weighted by Gasteiger charge is 2.38. The monoisotopic (exact) mass is 630 g/mol. The van der Waals surface area contributed by atoms with Gasteiger partial charge in [0.25, 0.3) is 5.91 Å². The van der Waals surface area contributed by atoms with Gasteiger partial charge in [0, 0.05) is 42.0 Å². The molecule has 0 aromatic heterocycles. The van der Waals surface area contributed by atoms with Gasteiger partial charge < -0.3 is 14.7 Å². The van der Waals surface area contributed by atoms with Crippen LogP contribution in [-0.2, 0) is 17.4 Å². The second kappa shape index (κ2) is 17.2. The summed E-state index contributed by atoms with van der Waals surface area (Å²) in [6, 6.07) is 11.9. The lowest BCUT2D eigenvalue weighted by Gasteiger charge is -2.44. The summed E-state index contributed by atoms with van der Waals surface area (Å²) in [7, 11) is -0.431. The Labute approximate surface area is 266 Å². The molecule has 5 atom stereocenters. The highest BCUT2D eigenvalue weighted by Crippen LogP contribution is 2.45. The van der Waals surface area contributed by atoms with Crippen LogP contribution in [0.2, 0.25) is 5.02 Å². The number of carbonyl (C=O) groups excluding carboxylic acids is 1. The van der Waals surface area contributed by atoms with Gasteiger partial charge in [0.15, 0.2) is 0 Å². The van der Waals surface area contributed by atoms with Crippen molar-refractivity contribution in [1.82, 2.24) is 4.72 Å². The summed E-state index contributed by atoms with van der Waals surface area (Å²) in [6.45, 7) is 12.7. The van der Waals surface area contributed by atoms with E-state index < -0.39 is 11.0 Å². The van der Waals surface area contributed by atoms with E-state index in [0.717, 1.165) is 62.3 Å². The van der Waals surface area contributed by atoms with Crippen LogP contribution in [0.25, 0.3) is 0 Å². The van der Waals surface area contributed by atoms with Gasteiger partial charge in [-0.15, -0.1) is 0 Å². The number of hydrogen-bond acceptors (Lipinski definition) is 5. The molecule has 5 unspecified atom stereocenters. The van der Waals surface area contributed by atoms with Crippen LogP contribution < -0.4 is 14.4 Å². The molecule has 4 rings (SSSR count). The molecule has 43 heavy (non-hydrogen) atoms. The van der Waals surface area contributed by atoms with Crippen molar-refractivity contribution < 1.29 is 18.8 Å². The minimum absolute atomic E-state index is 0.152. The highest BCUT2D eigenvalue weighted by molar-refractivity contribution is 7.84. The molecule has 1 fully saturated rings. The van der Waals surface area contributed by atoms with Crippen molar-refractivity contribution in [3.05, 3.63) is 70.3 Å². The molecule has 1 heterocycles. The van der Waals surface area contributed by atoms with Gasteiger partial charge in [-0.3, -0.25) is 9.52 Å². The topological polar surface area (TPSA) is 78.9 Å². The molecular weight excluding hydrogens is 580 g/mol. The highest BCUT2D eigenvalue weighted by atomic mass is 35.5. The van der Waals surface area contributed by atoms with Crippen molar-refractivity contribution in [2.75, 3.05) is 31.7 Å². The Bertz CT molecular complexity index is 1250. The fraction of sp³-hybridized carbons (Fsp3) is 0.571. The molecule has 2 aromatic rings. The third-order valence-electron chi connectivity index (χ3n) is 8.70. The summed E-state index contributed by atoms with van der Waals surface area (Å²) < 4.78 is 21.5. The number of anilines is 1. The molecule has 0 spiro atoms. The lowest BCUT2D eigenvalue weighted by Crippen LogP contribution is -2.42. The minimum atomic E-state index is -1.43. The molecule has 0 radical (unpaired) electrons. The third kappa shape index (κ3) is 9.09. The van der Waals surface area contributed by atoms with Crippen LogP contribution >= 0.6 is 11.6 Å². The van der Waals surface area contributed by atoms with Crippen LogP contribution in [0.5, 0.6) is 5.75 Å². The fourth-order valence-electron chi connectivity index (χ4n) is 6.28. The first kappa shape index (κ1) is 35.1. The molecule has 8 heteroatoms. The number of aliphatic hydroxyl groups is 1. The van der Waals surface area contributed by atoms with Crippen LogP contribution in [0.1, 0.15) is 94.1 Å². The third-order valence-corrected chi connectivity index (χ3v) is 10.2. The summed E-state index contributed by atoms with van der Waals surface area (Å²) in [5, 5.41) is 7.62. The summed E-state index contributed by atoms with van der Waals surface area (Å²) in [5.41, 5.74) is 4.03. The number of aliphatic hydroxyl groups excluding tert-OH is 1. The summed E-state index contributed by atoms with van der Waals surface area (Å²) in [6.07, 6.45) is 11.5. The van der Waals surface area contributed by atoms with E-state index in [9.17, 15) is 9.00 Å². The van der Waals surface area contributed by atoms with Crippen LogP contribution in [0.3, 0.4) is 0 Å². The first-order valence-electron chi connectivity index (χ1n) is 15.9. The zero-order valence-electron chi connectivity index (χ0n) is 26.8. The molecule has 1 saturated carbocycles. The molecule has 2 aromatic carbocycles. The number of aryl methyl sites for hydroxylation is 1. The number of benzene rings is 2. The van der Waals surface area contributed by atoms with E-state index in [-0.39, 0.29) is 17.1 Å². The number of amides is 1. The largest absolute Gasteiger partial charge is 0.491 e. The summed E-state index contributed by atoms with van der Waals surface area (Å²) in [5.74, 6) is 2.50. The first-order valence-corrected chi connectivity index (χ1v) is 17.5. The molecule has 238 valence electrons. The molecule has 0 bridgehead atoms. The van der Waals surface area contributed by atoms with E-state index in [1.165, 1.54) is 24.0 Å². The Morgan fingerprint density at radius 1 is 1.16 bits per heavy atom. The van der Waals surface area contributed by atoms with Gasteiger partial charge in [-0.25, -0.2) is 4.21 Å². The predicted octanol–water partition coefficient (Wildman–Crippen LogP) is 7.70. The van der Waals surface area contributed by atoms with Gasteiger partial charge in [0.05, 0.1) is 12.3 Å². The number of hydrogen-bond donors (Lipinski definition) is 2. The molecule has 2 aliphatic rings. The average molecular weight is 631 g/mol. The van der Waals surface area contributed by atoms with Gasteiger partial charge in [0.2, 0.25) is 0 Å². The lowest BCUT2D eigenvalue weighted by atomic mass is 9.66. The standard InChI is InChI=1S/C34H47ClN2O3S.CH4O/c1-6-9-11-24(8-3)30-15-12-27(30)20-37-21-28(31-16-14-29(35)18-25(31)10-7-2)22-40-33-17-13-26(19-32(33)37)34(38)36-41(39)23(4)5;1-2/h9,11,13-14,16-19,23-24,27-28,30H,6-8,10,12,15,20-22H2,1-5H3,(H,36,38);2H,1H3/b11-9+;. The van der Waals surface area contributed by atoms with Gasteiger partial charge in [0.1, 0.15) is 16.7 Å². The number of rotatable bonds is 12. The van der Waals surface area contributed by atoms with E-state index in [1.807, 2.05) is 32.0 Å². The van der Waals surface area contributed by atoms with E-state index in [0.29, 0.717) is 29.9 Å². The maximum atomic E-state index is 13.1. The van der Waals surface area contributed by atoms with Crippen molar-refractivity contribution in [3.8, 4) is 5.75 Å². The van der Waals surface area contributed by atoms with E-state index >= 15 is 0 Å². The molecule has 1 amide bonds. The van der Waals surface area contributed by atoms with Crippen LogP contribution in [0.15, 0.2) is 48.6 Å². The Balaban J connectivity index is 0.00000248. The maximum Gasteiger partial charge on any atom is 0.263 e. The average Bonchev–Trinajstić information content (AvgIpc) is 3.17. The number of nitrogens with one attached hydrogen (secondary N) is 1. The van der Waals surface area contributed by atoms with Gasteiger partial charge >= 0.3 is 0 Å². The van der Waals surface area contributed by atoms with Crippen molar-refractivity contribution in [2.24, 2.45) is 17.8 Å². The number of halogens is 1. The zero-order valence-corrected chi connectivity index (χ0v) is 28.3. The summed E-state index contributed by atoms with van der Waals surface area (Å²) >= 11 is 6.41. The SMILES string of the molecule is CC/C=C/C(CC)C1CCC1CN1CC(c2ccc(Cl)cc2CCC)COc2ccc(C(=O)NS(=O)C(C)C)cc21.CO. The minimum Gasteiger partial charge on any atom is -0.491 e. The normalized spacial score (nSPS) is 21.1. The second-order valence-corrected chi connectivity index (χ2v) is 14.1. The molecule has 0 saturated heterocycles. The Morgan fingerprint density at radius 2 is 1.93 bits per heavy atom. The number of ether oxygens (including phenoxy) is 1. The van der Waals surface area contributed by atoms with Crippen molar-refractivity contribution in [1.29, 1.82) is 0 Å². The van der Waals surface area contributed by atoms with Crippen molar-refractivity contribution in [2.45, 2.75) is 84.3 Å². The first-order chi connectivity index (χ1) is 20.7. The molecule has 1 aliphatic heterocycles. The summed E-state index contributed by atoms with van der Waals surface area (Å²) in [4.78, 5) is 15.5. The predicted molar refractivity (Wildman–Crippen MR) is 181 cm³/mol. The molecule has 6 nitrogen and oxygen atoms in total. The van der Waals surface area contributed by atoms with Gasteiger partial charge in [-0.1, -0.05) is 57.0 Å². The Hall–Kier alpha value is -2.35. The van der Waals surface area contributed by atoms with E-state index in [4.69, 9.17) is 21.4 Å². The molecular formula is C35H51ClN2O4S. The van der Waals surface area contributed by atoms with Crippen LogP contribution in [0, 0.1) is 17.8 Å². The number of nitrogens with zero attached hydrogens (tertiary/aromatic N) is 1. The smallest absolute Gasteiger partial charge is 0.263 e. The number of fused-ring (bicyclic) bond motifs is 1.